The van der Waals surface area contributed by atoms with Crippen LogP contribution in [0.4, 0.5) is 0 Å². The molecule has 1 unspecified atom stereocenters. The largest absolute Gasteiger partial charge is 0.377 e. The maximum absolute atomic E-state index is 5.58. The fourth-order valence-electron chi connectivity index (χ4n) is 3.64. The molecule has 4 heteroatoms. The average Bonchev–Trinajstić information content (AvgIpc) is 2.61. The third-order valence-corrected chi connectivity index (χ3v) is 4.87. The number of fused-ring (bicyclic) bond motifs is 1. The lowest BCUT2D eigenvalue weighted by atomic mass is 9.97. The van der Waals surface area contributed by atoms with E-state index in [2.05, 4.69) is 66.0 Å². The predicted molar refractivity (Wildman–Crippen MR) is 102 cm³/mol. The number of benzene rings is 1. The second-order valence-electron chi connectivity index (χ2n) is 6.72. The van der Waals surface area contributed by atoms with Gasteiger partial charge in [0.15, 0.2) is 0 Å². The van der Waals surface area contributed by atoms with Crippen LogP contribution < -0.4 is 5.32 Å². The zero-order valence-corrected chi connectivity index (χ0v) is 14.7. The summed E-state index contributed by atoms with van der Waals surface area (Å²) in [4.78, 5) is 6.90. The molecular weight excluding hydrogens is 310 g/mol. The molecule has 1 aromatic heterocycles. The van der Waals surface area contributed by atoms with E-state index in [1.807, 2.05) is 12.3 Å². The van der Waals surface area contributed by atoms with Crippen LogP contribution in [0, 0.1) is 6.92 Å². The molecule has 4 nitrogen and oxygen atoms in total. The Labute approximate surface area is 148 Å². The zero-order valence-electron chi connectivity index (χ0n) is 14.7. The normalized spacial score (nSPS) is 21.0. The first-order valence-corrected chi connectivity index (χ1v) is 8.72. The van der Waals surface area contributed by atoms with Crippen molar-refractivity contribution in [1.82, 2.24) is 15.2 Å². The summed E-state index contributed by atoms with van der Waals surface area (Å²) in [6.07, 6.45) is 6.18. The van der Waals surface area contributed by atoms with Gasteiger partial charge in [-0.15, -0.1) is 0 Å². The molecule has 1 atom stereocenters. The van der Waals surface area contributed by atoms with E-state index >= 15 is 0 Å². The van der Waals surface area contributed by atoms with Crippen LogP contribution in [0.15, 0.2) is 60.6 Å². The van der Waals surface area contributed by atoms with Crippen molar-refractivity contribution >= 4 is 16.6 Å². The average molecular weight is 333 g/mol. The molecule has 3 heterocycles. The number of hydrogen-bond acceptors (Lipinski definition) is 4. The van der Waals surface area contributed by atoms with Gasteiger partial charge < -0.3 is 15.0 Å². The second-order valence-corrected chi connectivity index (χ2v) is 6.72. The first kappa shape index (κ1) is 15.9. The minimum absolute atomic E-state index is 0.360. The smallest absolute Gasteiger partial charge is 0.0708 e. The van der Waals surface area contributed by atoms with Gasteiger partial charge in [-0.25, -0.2) is 0 Å². The van der Waals surface area contributed by atoms with Crippen molar-refractivity contribution in [3.8, 4) is 0 Å². The molecule has 0 spiro atoms. The Morgan fingerprint density at radius 1 is 1.28 bits per heavy atom. The molecule has 1 aromatic carbocycles. The third-order valence-electron chi connectivity index (χ3n) is 4.87. The standard InChI is InChI=1S/C21H23N3O/c1-14-6-7-19-18(5-4-8-22-19)21(14)20-12-17(11-15(2)23-20)24-9-10-25-13-16(24)3/h4-8,11-12,16,23H,2,9-10,13H2,1,3H3. The molecule has 25 heavy (non-hydrogen) atoms. The van der Waals surface area contributed by atoms with Gasteiger partial charge >= 0.3 is 0 Å². The van der Waals surface area contributed by atoms with Gasteiger partial charge in [-0.2, -0.15) is 0 Å². The number of nitrogens with one attached hydrogen (secondary N) is 1. The fraction of sp³-hybridized carbons (Fsp3) is 0.286. The molecule has 4 rings (SSSR count). The van der Waals surface area contributed by atoms with Crippen LogP contribution in [0.5, 0.6) is 0 Å². The minimum atomic E-state index is 0.360. The molecule has 2 aliphatic heterocycles. The number of dihydropyridines is 1. The van der Waals surface area contributed by atoms with E-state index in [1.165, 1.54) is 16.8 Å². The highest BCUT2D eigenvalue weighted by atomic mass is 16.5. The summed E-state index contributed by atoms with van der Waals surface area (Å²) in [5.41, 5.74) is 6.60. The Morgan fingerprint density at radius 2 is 2.16 bits per heavy atom. The summed E-state index contributed by atoms with van der Waals surface area (Å²) in [5.74, 6) is 0. The molecule has 0 saturated carbocycles. The highest BCUT2D eigenvalue weighted by Crippen LogP contribution is 2.31. The highest BCUT2D eigenvalue weighted by Gasteiger charge is 2.23. The van der Waals surface area contributed by atoms with E-state index in [0.717, 1.165) is 42.1 Å². The quantitative estimate of drug-likeness (QED) is 0.911. The fourth-order valence-corrected chi connectivity index (χ4v) is 3.64. The van der Waals surface area contributed by atoms with Gasteiger partial charge in [0.2, 0.25) is 0 Å². The van der Waals surface area contributed by atoms with E-state index in [0.29, 0.717) is 6.04 Å². The van der Waals surface area contributed by atoms with Gasteiger partial charge in [0.25, 0.3) is 0 Å². The molecule has 0 radical (unpaired) electrons. The molecule has 1 N–H and O–H groups in total. The zero-order chi connectivity index (χ0) is 17.4. The SMILES string of the molecule is C=C1C=C(N2CCOCC2C)C=C(c2c(C)ccc3ncccc23)N1. The van der Waals surface area contributed by atoms with Gasteiger partial charge in [0.05, 0.1) is 18.7 Å². The number of hydrogen-bond donors (Lipinski definition) is 1. The van der Waals surface area contributed by atoms with Gasteiger partial charge in [-0.1, -0.05) is 18.7 Å². The monoisotopic (exact) mass is 333 g/mol. The molecule has 0 aliphatic carbocycles. The number of ether oxygens (including phenoxy) is 1. The minimum Gasteiger partial charge on any atom is -0.377 e. The van der Waals surface area contributed by atoms with Crippen LogP contribution in [-0.2, 0) is 4.74 Å². The van der Waals surface area contributed by atoms with E-state index in [9.17, 15) is 0 Å². The Balaban J connectivity index is 1.82. The van der Waals surface area contributed by atoms with Crippen molar-refractivity contribution in [1.29, 1.82) is 0 Å². The van der Waals surface area contributed by atoms with Crippen LogP contribution in [0.25, 0.3) is 16.6 Å². The van der Waals surface area contributed by atoms with E-state index < -0.39 is 0 Å². The first-order valence-electron chi connectivity index (χ1n) is 8.72. The van der Waals surface area contributed by atoms with Crippen molar-refractivity contribution in [2.75, 3.05) is 19.8 Å². The Kier molecular flexibility index (Phi) is 4.06. The van der Waals surface area contributed by atoms with Gasteiger partial charge in [0, 0.05) is 46.8 Å². The Morgan fingerprint density at radius 3 is 3.00 bits per heavy atom. The van der Waals surface area contributed by atoms with Gasteiger partial charge in [-0.05, 0) is 43.7 Å². The van der Waals surface area contributed by atoms with Crippen molar-refractivity contribution in [2.24, 2.45) is 0 Å². The Bertz CT molecular complexity index is 897. The summed E-state index contributed by atoms with van der Waals surface area (Å²) in [6.45, 7) is 10.9. The van der Waals surface area contributed by atoms with Crippen LogP contribution >= 0.6 is 0 Å². The molecule has 0 bridgehead atoms. The third kappa shape index (κ3) is 2.94. The van der Waals surface area contributed by atoms with Crippen LogP contribution in [-0.4, -0.2) is 35.7 Å². The first-order chi connectivity index (χ1) is 12.1. The number of pyridine rings is 1. The molecule has 1 saturated heterocycles. The molecule has 1 fully saturated rings. The van der Waals surface area contributed by atoms with Crippen LogP contribution in [0.1, 0.15) is 18.1 Å². The van der Waals surface area contributed by atoms with E-state index in [-0.39, 0.29) is 0 Å². The highest BCUT2D eigenvalue weighted by molar-refractivity contribution is 5.94. The van der Waals surface area contributed by atoms with Gasteiger partial charge in [-0.3, -0.25) is 4.98 Å². The molecular formula is C21H23N3O. The lowest BCUT2D eigenvalue weighted by Gasteiger charge is -2.37. The van der Waals surface area contributed by atoms with Crippen LogP contribution in [0.3, 0.4) is 0 Å². The topological polar surface area (TPSA) is 37.4 Å². The maximum Gasteiger partial charge on any atom is 0.0708 e. The molecule has 128 valence electrons. The molecule has 2 aliphatic rings. The predicted octanol–water partition coefficient (Wildman–Crippen LogP) is 3.61. The van der Waals surface area contributed by atoms with E-state index in [4.69, 9.17) is 4.74 Å². The maximum atomic E-state index is 5.58. The second kappa shape index (κ2) is 6.37. The van der Waals surface area contributed by atoms with Crippen molar-refractivity contribution in [3.63, 3.8) is 0 Å². The van der Waals surface area contributed by atoms with E-state index in [1.54, 1.807) is 0 Å². The number of allylic oxidation sites excluding steroid dienone is 2. The number of aromatic nitrogens is 1. The van der Waals surface area contributed by atoms with Crippen molar-refractivity contribution < 1.29 is 4.74 Å². The summed E-state index contributed by atoms with van der Waals surface area (Å²) in [5, 5.41) is 4.61. The molecule has 0 amide bonds. The number of nitrogens with zero attached hydrogens (tertiary/aromatic N) is 2. The van der Waals surface area contributed by atoms with Crippen LogP contribution in [0.2, 0.25) is 0 Å². The number of rotatable bonds is 2. The van der Waals surface area contributed by atoms with Gasteiger partial charge in [0.1, 0.15) is 0 Å². The van der Waals surface area contributed by atoms with Crippen molar-refractivity contribution in [3.05, 3.63) is 71.7 Å². The number of morpholine rings is 1. The summed E-state index contributed by atoms with van der Waals surface area (Å²) in [6, 6.07) is 8.69. The summed E-state index contributed by atoms with van der Waals surface area (Å²) >= 11 is 0. The Hall–Kier alpha value is -2.59. The lowest BCUT2D eigenvalue weighted by molar-refractivity contribution is 0.0187. The molecule has 2 aromatic rings. The lowest BCUT2D eigenvalue weighted by Crippen LogP contribution is -2.43. The van der Waals surface area contributed by atoms with Crippen molar-refractivity contribution in [2.45, 2.75) is 19.9 Å². The summed E-state index contributed by atoms with van der Waals surface area (Å²) in [7, 11) is 0. The number of aryl methyl sites for hydroxylation is 1. The summed E-state index contributed by atoms with van der Waals surface area (Å²) < 4.78 is 5.58.